The molecule has 3 N–H and O–H groups in total. The molecule has 0 bridgehead atoms. The molecule has 0 radical (unpaired) electrons. The zero-order valence-corrected chi connectivity index (χ0v) is 18.2. The zero-order valence-electron chi connectivity index (χ0n) is 15.8. The highest BCUT2D eigenvalue weighted by atomic mass is 35.5. The Balaban J connectivity index is 1.75. The third kappa shape index (κ3) is 5.24. The second kappa shape index (κ2) is 10.0. The normalized spacial score (nSPS) is 12.1. The smallest absolute Gasteiger partial charge is 0.249 e. The van der Waals surface area contributed by atoms with E-state index in [4.69, 9.17) is 22.1 Å². The first-order valence-corrected chi connectivity index (χ1v) is 10.9. The van der Waals surface area contributed by atoms with Crippen LogP contribution < -0.4 is 11.1 Å². The standard InChI is InChI=1S/C17H20ClN7O2S2/c1-3-12(14(26)20-16-23-21-13(29-16)8-27-2)25-15(19)22-24-17(25)28-9-10-6-4-5-7-11(10)18/h4-7,12H,3,8-9H2,1-2H3,(H2,19,22)(H,20,23,26). The molecule has 0 spiro atoms. The number of benzene rings is 1. The Morgan fingerprint density at radius 1 is 1.34 bits per heavy atom. The number of anilines is 2. The molecule has 1 atom stereocenters. The lowest BCUT2D eigenvalue weighted by Crippen LogP contribution is -2.27. The predicted molar refractivity (Wildman–Crippen MR) is 114 cm³/mol. The lowest BCUT2D eigenvalue weighted by atomic mass is 10.2. The number of ether oxygens (including phenoxy) is 1. The van der Waals surface area contributed by atoms with Crippen molar-refractivity contribution in [2.24, 2.45) is 0 Å². The van der Waals surface area contributed by atoms with Crippen molar-refractivity contribution in [1.29, 1.82) is 0 Å². The number of nitrogen functional groups attached to an aromatic ring is 1. The van der Waals surface area contributed by atoms with E-state index in [0.29, 0.717) is 39.1 Å². The second-order valence-electron chi connectivity index (χ2n) is 5.94. The number of amides is 1. The molecule has 29 heavy (non-hydrogen) atoms. The molecule has 1 amide bonds. The van der Waals surface area contributed by atoms with Crippen LogP contribution in [0.2, 0.25) is 5.02 Å². The van der Waals surface area contributed by atoms with Gasteiger partial charge in [-0.05, 0) is 18.1 Å². The van der Waals surface area contributed by atoms with Gasteiger partial charge in [0.2, 0.25) is 17.0 Å². The third-order valence-corrected chi connectivity index (χ3v) is 6.14. The van der Waals surface area contributed by atoms with Gasteiger partial charge in [-0.3, -0.25) is 14.7 Å². The molecule has 2 heterocycles. The summed E-state index contributed by atoms with van der Waals surface area (Å²) in [6, 6.07) is 6.98. The van der Waals surface area contributed by atoms with Gasteiger partial charge < -0.3 is 10.5 Å². The van der Waals surface area contributed by atoms with Crippen molar-refractivity contribution < 1.29 is 9.53 Å². The van der Waals surface area contributed by atoms with Gasteiger partial charge in [0.25, 0.3) is 0 Å². The van der Waals surface area contributed by atoms with Crippen molar-refractivity contribution >= 4 is 51.7 Å². The fourth-order valence-electron chi connectivity index (χ4n) is 2.60. The predicted octanol–water partition coefficient (Wildman–Crippen LogP) is 3.39. The minimum absolute atomic E-state index is 0.172. The maximum Gasteiger partial charge on any atom is 0.249 e. The Morgan fingerprint density at radius 2 is 2.14 bits per heavy atom. The first kappa shape index (κ1) is 21.5. The van der Waals surface area contributed by atoms with Crippen molar-refractivity contribution in [3.8, 4) is 0 Å². The van der Waals surface area contributed by atoms with Gasteiger partial charge in [0.05, 0.1) is 0 Å². The quantitative estimate of drug-likeness (QED) is 0.473. The minimum atomic E-state index is -0.589. The van der Waals surface area contributed by atoms with E-state index >= 15 is 0 Å². The van der Waals surface area contributed by atoms with Crippen molar-refractivity contribution in [1.82, 2.24) is 25.0 Å². The summed E-state index contributed by atoms with van der Waals surface area (Å²) in [6.07, 6.45) is 0.497. The van der Waals surface area contributed by atoms with Crippen LogP contribution in [0.1, 0.15) is 30.0 Å². The first-order valence-electron chi connectivity index (χ1n) is 8.72. The average Bonchev–Trinajstić information content (AvgIpc) is 3.29. The number of rotatable bonds is 9. The summed E-state index contributed by atoms with van der Waals surface area (Å²) < 4.78 is 6.66. The molecule has 0 saturated carbocycles. The van der Waals surface area contributed by atoms with E-state index in [1.165, 1.54) is 23.1 Å². The molecule has 0 fully saturated rings. The van der Waals surface area contributed by atoms with Gasteiger partial charge in [0.15, 0.2) is 5.16 Å². The summed E-state index contributed by atoms with van der Waals surface area (Å²) in [6.45, 7) is 2.23. The highest BCUT2D eigenvalue weighted by Crippen LogP contribution is 2.30. The SMILES string of the molecule is CCC(C(=O)Nc1nnc(COC)s1)n1c(N)nnc1SCc1ccccc1Cl. The highest BCUT2D eigenvalue weighted by Gasteiger charge is 2.26. The topological polar surface area (TPSA) is 121 Å². The van der Waals surface area contributed by atoms with Gasteiger partial charge in [-0.2, -0.15) is 0 Å². The van der Waals surface area contributed by atoms with Gasteiger partial charge >= 0.3 is 0 Å². The van der Waals surface area contributed by atoms with E-state index in [-0.39, 0.29) is 11.9 Å². The summed E-state index contributed by atoms with van der Waals surface area (Å²) in [4.78, 5) is 12.9. The molecule has 3 aromatic rings. The molecule has 0 aliphatic heterocycles. The number of nitrogens with two attached hydrogens (primary N) is 1. The van der Waals surface area contributed by atoms with E-state index in [9.17, 15) is 4.79 Å². The summed E-state index contributed by atoms with van der Waals surface area (Å²) in [7, 11) is 1.57. The second-order valence-corrected chi connectivity index (χ2v) is 8.35. The molecule has 3 rings (SSSR count). The minimum Gasteiger partial charge on any atom is -0.377 e. The Kier molecular flexibility index (Phi) is 7.42. The van der Waals surface area contributed by atoms with E-state index in [2.05, 4.69) is 25.7 Å². The number of thioether (sulfide) groups is 1. The van der Waals surface area contributed by atoms with Crippen molar-refractivity contribution in [3.05, 3.63) is 39.9 Å². The molecule has 1 unspecified atom stereocenters. The largest absolute Gasteiger partial charge is 0.377 e. The van der Waals surface area contributed by atoms with Gasteiger partial charge in [-0.15, -0.1) is 20.4 Å². The molecular formula is C17H20ClN7O2S2. The first-order chi connectivity index (χ1) is 14.0. The van der Waals surface area contributed by atoms with Crippen LogP contribution in [0.15, 0.2) is 29.4 Å². The zero-order chi connectivity index (χ0) is 20.8. The molecule has 9 nitrogen and oxygen atoms in total. The van der Waals surface area contributed by atoms with Gasteiger partial charge in [0, 0.05) is 17.9 Å². The molecule has 0 aliphatic rings. The van der Waals surface area contributed by atoms with E-state index in [1.807, 2.05) is 31.2 Å². The van der Waals surface area contributed by atoms with Crippen LogP contribution in [0, 0.1) is 0 Å². The van der Waals surface area contributed by atoms with E-state index in [0.717, 1.165) is 5.56 Å². The number of nitrogens with one attached hydrogen (secondary N) is 1. The van der Waals surface area contributed by atoms with Crippen LogP contribution in [0.4, 0.5) is 11.1 Å². The van der Waals surface area contributed by atoms with Gasteiger partial charge in [0.1, 0.15) is 17.7 Å². The Labute approximate surface area is 181 Å². The molecule has 0 aliphatic carbocycles. The monoisotopic (exact) mass is 453 g/mol. The number of halogens is 1. The summed E-state index contributed by atoms with van der Waals surface area (Å²) in [5.41, 5.74) is 6.98. The number of methoxy groups -OCH3 is 1. The Bertz CT molecular complexity index is 978. The molecule has 1 aromatic carbocycles. The Hall–Kier alpha value is -2.21. The molecule has 2 aromatic heterocycles. The van der Waals surface area contributed by atoms with Gasteiger partial charge in [-0.1, -0.05) is 59.8 Å². The summed E-state index contributed by atoms with van der Waals surface area (Å²) in [5.74, 6) is 0.483. The van der Waals surface area contributed by atoms with Crippen LogP contribution in [0.3, 0.4) is 0 Å². The van der Waals surface area contributed by atoms with E-state index < -0.39 is 6.04 Å². The van der Waals surface area contributed by atoms with Crippen LogP contribution in [-0.2, 0) is 21.9 Å². The number of nitrogens with zero attached hydrogens (tertiary/aromatic N) is 5. The van der Waals surface area contributed by atoms with Crippen LogP contribution >= 0.6 is 34.7 Å². The van der Waals surface area contributed by atoms with Crippen molar-refractivity contribution in [2.45, 2.75) is 36.9 Å². The van der Waals surface area contributed by atoms with Crippen LogP contribution in [0.5, 0.6) is 0 Å². The Morgan fingerprint density at radius 3 is 2.86 bits per heavy atom. The lowest BCUT2D eigenvalue weighted by molar-refractivity contribution is -0.119. The van der Waals surface area contributed by atoms with Crippen molar-refractivity contribution in [2.75, 3.05) is 18.2 Å². The number of carbonyl (C=O) groups excluding carboxylic acids is 1. The molecule has 154 valence electrons. The average molecular weight is 454 g/mol. The van der Waals surface area contributed by atoms with Gasteiger partial charge in [-0.25, -0.2) is 0 Å². The molecule has 0 saturated heterocycles. The maximum atomic E-state index is 12.9. The lowest BCUT2D eigenvalue weighted by Gasteiger charge is -2.18. The third-order valence-electron chi connectivity index (χ3n) is 3.97. The van der Waals surface area contributed by atoms with Crippen LogP contribution in [0.25, 0.3) is 0 Å². The van der Waals surface area contributed by atoms with E-state index in [1.54, 1.807) is 11.7 Å². The maximum absolute atomic E-state index is 12.9. The number of aromatic nitrogens is 5. The molecular weight excluding hydrogens is 434 g/mol. The number of carbonyl (C=O) groups is 1. The van der Waals surface area contributed by atoms with Crippen molar-refractivity contribution in [3.63, 3.8) is 0 Å². The fourth-order valence-corrected chi connectivity index (χ4v) is 4.59. The van der Waals surface area contributed by atoms with Crippen LogP contribution in [-0.4, -0.2) is 38.0 Å². The highest BCUT2D eigenvalue weighted by molar-refractivity contribution is 7.98. The number of hydrogen-bond donors (Lipinski definition) is 2. The molecule has 12 heteroatoms. The summed E-state index contributed by atoms with van der Waals surface area (Å²) >= 11 is 8.90. The summed E-state index contributed by atoms with van der Waals surface area (Å²) in [5, 5.41) is 21.1. The fraction of sp³-hybridized carbons (Fsp3) is 0.353. The number of hydrogen-bond acceptors (Lipinski definition) is 9.